The number of nitrogens with one attached hydrogen (secondary N) is 1. The van der Waals surface area contributed by atoms with Crippen LogP contribution in [-0.4, -0.2) is 22.0 Å². The Morgan fingerprint density at radius 3 is 2.35 bits per heavy atom. The molecule has 1 aromatic carbocycles. The number of hydrogen-bond donors (Lipinski definition) is 1. The van der Waals surface area contributed by atoms with Gasteiger partial charge in [0.25, 0.3) is 5.56 Å². The van der Waals surface area contributed by atoms with Gasteiger partial charge in [0.2, 0.25) is 0 Å². The van der Waals surface area contributed by atoms with Crippen LogP contribution in [0.1, 0.15) is 30.7 Å². The molecule has 0 aliphatic heterocycles. The molecule has 0 bridgehead atoms. The Morgan fingerprint density at radius 2 is 1.73 bits per heavy atom. The number of pyridine rings is 1. The van der Waals surface area contributed by atoms with E-state index in [1.165, 1.54) is 17.2 Å². The Kier molecular flexibility index (Phi) is 5.46. The smallest absolute Gasteiger partial charge is 0.251 e. The normalized spacial score (nSPS) is 10.7. The Labute approximate surface area is 153 Å². The highest BCUT2D eigenvalue weighted by Gasteiger charge is 2.07. The van der Waals surface area contributed by atoms with Crippen LogP contribution in [0.4, 0.5) is 5.82 Å². The molecule has 134 valence electrons. The summed E-state index contributed by atoms with van der Waals surface area (Å²) in [5.74, 6) is 1.44. The fourth-order valence-corrected chi connectivity index (χ4v) is 2.81. The largest absolute Gasteiger partial charge is 0.355 e. The Morgan fingerprint density at radius 1 is 1.00 bits per heavy atom. The van der Waals surface area contributed by atoms with Crippen molar-refractivity contribution in [2.75, 3.05) is 11.9 Å². The molecule has 2 heterocycles. The molecule has 2 aromatic heterocycles. The number of benzene rings is 1. The van der Waals surface area contributed by atoms with E-state index < -0.39 is 0 Å². The molecule has 0 saturated carbocycles. The molecule has 3 rings (SSSR count). The lowest BCUT2D eigenvalue weighted by atomic mass is 10.1. The molecule has 0 fully saturated rings. The topological polar surface area (TPSA) is 61.9 Å². The average molecular weight is 348 g/mol. The molecule has 5 nitrogen and oxygen atoms in total. The first-order chi connectivity index (χ1) is 12.6. The molecule has 0 amide bonds. The van der Waals surface area contributed by atoms with E-state index in [1.54, 1.807) is 6.20 Å². The first kappa shape index (κ1) is 17.9. The minimum atomic E-state index is -0.136. The molecule has 0 radical (unpaired) electrons. The van der Waals surface area contributed by atoms with Crippen LogP contribution in [0.3, 0.4) is 0 Å². The Bertz CT molecular complexity index is 914. The van der Waals surface area contributed by atoms with Gasteiger partial charge in [-0.2, -0.15) is 0 Å². The van der Waals surface area contributed by atoms with Gasteiger partial charge >= 0.3 is 0 Å². The lowest BCUT2D eigenvalue weighted by Crippen LogP contribution is -2.17. The minimum Gasteiger partial charge on any atom is -0.355 e. The van der Waals surface area contributed by atoms with E-state index in [0.717, 1.165) is 36.5 Å². The molecule has 1 N–H and O–H groups in total. The molecule has 0 spiro atoms. The van der Waals surface area contributed by atoms with Gasteiger partial charge in [0.05, 0.1) is 0 Å². The lowest BCUT2D eigenvalue weighted by molar-refractivity contribution is 0.896. The molecule has 0 unspecified atom stereocenters. The fraction of sp³-hybridized carbons (Fsp3) is 0.286. The van der Waals surface area contributed by atoms with Crippen molar-refractivity contribution in [1.82, 2.24) is 15.0 Å². The SMILES string of the molecule is CCc1ccc(CN(C)c2ccc(-c3nc(CC)cc(=O)[nH]3)cn2)cc1. The van der Waals surface area contributed by atoms with Crippen molar-refractivity contribution < 1.29 is 0 Å². The van der Waals surface area contributed by atoms with Crippen molar-refractivity contribution in [2.24, 2.45) is 0 Å². The number of hydrogen-bond acceptors (Lipinski definition) is 4. The second-order valence-corrected chi connectivity index (χ2v) is 6.37. The molecule has 0 aliphatic rings. The van der Waals surface area contributed by atoms with Gasteiger partial charge in [0.1, 0.15) is 11.6 Å². The molecule has 0 atom stereocenters. The number of aryl methyl sites for hydroxylation is 2. The average Bonchev–Trinajstić information content (AvgIpc) is 2.68. The van der Waals surface area contributed by atoms with Crippen LogP contribution < -0.4 is 10.5 Å². The van der Waals surface area contributed by atoms with Crippen LogP contribution in [0.15, 0.2) is 53.5 Å². The molecule has 5 heteroatoms. The molecule has 26 heavy (non-hydrogen) atoms. The van der Waals surface area contributed by atoms with E-state index in [2.05, 4.69) is 51.0 Å². The number of anilines is 1. The van der Waals surface area contributed by atoms with Gasteiger partial charge in [-0.3, -0.25) is 4.79 Å². The highest BCUT2D eigenvalue weighted by atomic mass is 16.1. The van der Waals surface area contributed by atoms with Crippen LogP contribution in [0.5, 0.6) is 0 Å². The van der Waals surface area contributed by atoms with E-state index in [-0.39, 0.29) is 5.56 Å². The van der Waals surface area contributed by atoms with Gasteiger partial charge in [0, 0.05) is 37.1 Å². The van der Waals surface area contributed by atoms with Crippen LogP contribution >= 0.6 is 0 Å². The third-order valence-electron chi connectivity index (χ3n) is 4.42. The minimum absolute atomic E-state index is 0.136. The highest BCUT2D eigenvalue weighted by Crippen LogP contribution is 2.18. The monoisotopic (exact) mass is 348 g/mol. The zero-order valence-corrected chi connectivity index (χ0v) is 15.5. The molecular formula is C21H24N4O. The van der Waals surface area contributed by atoms with Crippen molar-refractivity contribution >= 4 is 5.82 Å². The van der Waals surface area contributed by atoms with E-state index in [9.17, 15) is 4.79 Å². The summed E-state index contributed by atoms with van der Waals surface area (Å²) in [4.78, 5) is 25.6. The highest BCUT2D eigenvalue weighted by molar-refractivity contribution is 5.56. The maximum atomic E-state index is 11.7. The van der Waals surface area contributed by atoms with Crippen molar-refractivity contribution in [1.29, 1.82) is 0 Å². The molecule has 0 aliphatic carbocycles. The zero-order valence-electron chi connectivity index (χ0n) is 15.5. The first-order valence-corrected chi connectivity index (χ1v) is 8.94. The summed E-state index contributed by atoms with van der Waals surface area (Å²) in [6.45, 7) is 4.93. The van der Waals surface area contributed by atoms with Crippen molar-refractivity contribution in [3.8, 4) is 11.4 Å². The maximum absolute atomic E-state index is 11.7. The van der Waals surface area contributed by atoms with E-state index in [1.807, 2.05) is 26.1 Å². The van der Waals surface area contributed by atoms with Gasteiger partial charge < -0.3 is 9.88 Å². The van der Waals surface area contributed by atoms with Crippen molar-refractivity contribution in [2.45, 2.75) is 33.2 Å². The third-order valence-corrected chi connectivity index (χ3v) is 4.42. The summed E-state index contributed by atoms with van der Waals surface area (Å²) in [5, 5.41) is 0. The second kappa shape index (κ2) is 7.95. The Balaban J connectivity index is 1.76. The van der Waals surface area contributed by atoms with Gasteiger partial charge in [-0.1, -0.05) is 38.1 Å². The zero-order chi connectivity index (χ0) is 18.5. The van der Waals surface area contributed by atoms with E-state index in [0.29, 0.717) is 5.82 Å². The standard InChI is InChI=1S/C21H24N4O/c1-4-15-6-8-16(9-7-15)14-25(3)19-11-10-17(13-22-19)21-23-18(5-2)12-20(26)24-21/h6-13H,4-5,14H2,1-3H3,(H,23,24,26). The maximum Gasteiger partial charge on any atom is 0.251 e. The van der Waals surface area contributed by atoms with Crippen molar-refractivity contribution in [3.63, 3.8) is 0 Å². The van der Waals surface area contributed by atoms with Crippen molar-refractivity contribution in [3.05, 3.63) is 75.8 Å². The van der Waals surface area contributed by atoms with Crippen LogP contribution in [-0.2, 0) is 19.4 Å². The number of rotatable bonds is 6. The van der Waals surface area contributed by atoms with Gasteiger partial charge in [-0.15, -0.1) is 0 Å². The summed E-state index contributed by atoms with van der Waals surface area (Å²) < 4.78 is 0. The first-order valence-electron chi connectivity index (χ1n) is 8.94. The van der Waals surface area contributed by atoms with Crippen LogP contribution in [0.2, 0.25) is 0 Å². The fourth-order valence-electron chi connectivity index (χ4n) is 2.81. The predicted octanol–water partition coefficient (Wildman–Crippen LogP) is 3.59. The predicted molar refractivity (Wildman–Crippen MR) is 105 cm³/mol. The van der Waals surface area contributed by atoms with Gasteiger partial charge in [0.15, 0.2) is 0 Å². The molecule has 3 aromatic rings. The second-order valence-electron chi connectivity index (χ2n) is 6.37. The van der Waals surface area contributed by atoms with Gasteiger partial charge in [-0.25, -0.2) is 9.97 Å². The number of aromatic nitrogens is 3. The summed E-state index contributed by atoms with van der Waals surface area (Å²) in [6, 6.07) is 14.1. The number of H-pyrrole nitrogens is 1. The summed E-state index contributed by atoms with van der Waals surface area (Å²) in [7, 11) is 2.02. The van der Waals surface area contributed by atoms with Crippen LogP contribution in [0, 0.1) is 0 Å². The van der Waals surface area contributed by atoms with E-state index in [4.69, 9.17) is 0 Å². The van der Waals surface area contributed by atoms with Gasteiger partial charge in [-0.05, 0) is 36.1 Å². The van der Waals surface area contributed by atoms with Crippen LogP contribution in [0.25, 0.3) is 11.4 Å². The third kappa shape index (κ3) is 4.17. The van der Waals surface area contributed by atoms with E-state index >= 15 is 0 Å². The summed E-state index contributed by atoms with van der Waals surface area (Å²) in [6.07, 6.45) is 3.53. The lowest BCUT2D eigenvalue weighted by Gasteiger charge is -2.18. The Hall–Kier alpha value is -2.95. The number of aromatic amines is 1. The number of nitrogens with zero attached hydrogens (tertiary/aromatic N) is 3. The summed E-state index contributed by atoms with van der Waals surface area (Å²) in [5.41, 5.74) is 4.04. The quantitative estimate of drug-likeness (QED) is 0.739. The molecule has 0 saturated heterocycles. The summed E-state index contributed by atoms with van der Waals surface area (Å²) >= 11 is 0. The molecular weight excluding hydrogens is 324 g/mol.